The fourth-order valence-corrected chi connectivity index (χ4v) is 1.21. The number of ether oxygens (including phenoxy) is 1. The first-order valence-electron chi connectivity index (χ1n) is 4.90. The number of carboxylic acids is 1. The van der Waals surface area contributed by atoms with E-state index in [-0.39, 0.29) is 12.6 Å². The van der Waals surface area contributed by atoms with E-state index in [9.17, 15) is 4.79 Å². The number of methoxy groups -OCH3 is 1. The summed E-state index contributed by atoms with van der Waals surface area (Å²) in [5.41, 5.74) is 0. The number of anilines is 1. The molecule has 1 aromatic rings. The molecule has 1 rings (SSSR count). The molecule has 0 saturated heterocycles. The monoisotopic (exact) mass is 225 g/mol. The molecule has 0 bridgehead atoms. The van der Waals surface area contributed by atoms with Crippen molar-refractivity contribution < 1.29 is 14.6 Å². The highest BCUT2D eigenvalue weighted by atomic mass is 16.5. The Labute approximate surface area is 93.9 Å². The molecule has 0 atom stereocenters. The number of hydrogen-bond donors (Lipinski definition) is 1. The van der Waals surface area contributed by atoms with Crippen LogP contribution < -0.4 is 9.64 Å². The largest absolute Gasteiger partial charge is 0.481 e. The van der Waals surface area contributed by atoms with Gasteiger partial charge in [-0.3, -0.25) is 4.79 Å². The van der Waals surface area contributed by atoms with Crippen LogP contribution in [0, 0.1) is 0 Å². The van der Waals surface area contributed by atoms with E-state index in [0.29, 0.717) is 11.8 Å². The van der Waals surface area contributed by atoms with Crippen molar-refractivity contribution in [3.8, 4) is 5.88 Å². The van der Waals surface area contributed by atoms with Crippen LogP contribution in [0.5, 0.6) is 5.88 Å². The van der Waals surface area contributed by atoms with E-state index in [1.165, 1.54) is 7.11 Å². The second-order valence-electron chi connectivity index (χ2n) is 3.51. The van der Waals surface area contributed by atoms with Crippen LogP contribution in [0.1, 0.15) is 13.8 Å². The molecule has 0 aromatic carbocycles. The van der Waals surface area contributed by atoms with Crippen LogP contribution in [0.4, 0.5) is 5.95 Å². The summed E-state index contributed by atoms with van der Waals surface area (Å²) in [7, 11) is 1.50. The first kappa shape index (κ1) is 12.2. The van der Waals surface area contributed by atoms with Gasteiger partial charge in [-0.15, -0.1) is 0 Å². The van der Waals surface area contributed by atoms with Gasteiger partial charge in [-0.05, 0) is 13.8 Å². The molecule has 88 valence electrons. The van der Waals surface area contributed by atoms with Gasteiger partial charge in [0.15, 0.2) is 0 Å². The smallest absolute Gasteiger partial charge is 0.323 e. The van der Waals surface area contributed by atoms with Crippen LogP contribution in [0.3, 0.4) is 0 Å². The summed E-state index contributed by atoms with van der Waals surface area (Å²) in [6.45, 7) is 3.63. The van der Waals surface area contributed by atoms with Gasteiger partial charge >= 0.3 is 5.97 Å². The average molecular weight is 225 g/mol. The van der Waals surface area contributed by atoms with Crippen molar-refractivity contribution in [2.24, 2.45) is 0 Å². The van der Waals surface area contributed by atoms with Gasteiger partial charge in [-0.25, -0.2) is 4.98 Å². The second-order valence-corrected chi connectivity index (χ2v) is 3.51. The summed E-state index contributed by atoms with van der Waals surface area (Å²) < 4.78 is 4.96. The number of hydrogen-bond acceptors (Lipinski definition) is 5. The van der Waals surface area contributed by atoms with Gasteiger partial charge < -0.3 is 14.7 Å². The van der Waals surface area contributed by atoms with Gasteiger partial charge in [0.25, 0.3) is 0 Å². The maximum absolute atomic E-state index is 10.7. The zero-order chi connectivity index (χ0) is 12.1. The number of aromatic nitrogens is 2. The van der Waals surface area contributed by atoms with Crippen LogP contribution in [-0.4, -0.2) is 40.7 Å². The lowest BCUT2D eigenvalue weighted by molar-refractivity contribution is -0.135. The van der Waals surface area contributed by atoms with Crippen molar-refractivity contribution in [1.29, 1.82) is 0 Å². The molecule has 0 radical (unpaired) electrons. The van der Waals surface area contributed by atoms with Crippen LogP contribution in [0.25, 0.3) is 0 Å². The Bertz CT molecular complexity index is 368. The fourth-order valence-electron chi connectivity index (χ4n) is 1.21. The number of carboxylic acid groups (broad SMARTS) is 1. The summed E-state index contributed by atoms with van der Waals surface area (Å²) in [5, 5.41) is 8.79. The minimum atomic E-state index is -0.917. The third-order valence-corrected chi connectivity index (χ3v) is 2.01. The maximum Gasteiger partial charge on any atom is 0.323 e. The predicted octanol–water partition coefficient (Wildman–Crippen LogP) is 0.785. The Morgan fingerprint density at radius 1 is 1.62 bits per heavy atom. The molecule has 1 heterocycles. The van der Waals surface area contributed by atoms with Gasteiger partial charge in [0.1, 0.15) is 6.54 Å². The average Bonchev–Trinajstić information content (AvgIpc) is 2.25. The van der Waals surface area contributed by atoms with Crippen LogP contribution in [-0.2, 0) is 4.79 Å². The van der Waals surface area contributed by atoms with E-state index in [1.807, 2.05) is 13.8 Å². The van der Waals surface area contributed by atoms with Crippen LogP contribution in [0.15, 0.2) is 12.3 Å². The van der Waals surface area contributed by atoms with Crippen molar-refractivity contribution in [3.63, 3.8) is 0 Å². The number of nitrogens with zero attached hydrogens (tertiary/aromatic N) is 3. The van der Waals surface area contributed by atoms with Crippen molar-refractivity contribution in [3.05, 3.63) is 12.3 Å². The molecule has 0 amide bonds. The summed E-state index contributed by atoms with van der Waals surface area (Å²) in [5.74, 6) is -0.141. The summed E-state index contributed by atoms with van der Waals surface area (Å²) >= 11 is 0. The van der Waals surface area contributed by atoms with Gasteiger partial charge in [0.05, 0.1) is 7.11 Å². The Morgan fingerprint density at radius 3 is 2.81 bits per heavy atom. The molecule has 0 aliphatic rings. The zero-order valence-corrected chi connectivity index (χ0v) is 9.54. The molecule has 0 aliphatic heterocycles. The Kier molecular flexibility index (Phi) is 4.04. The van der Waals surface area contributed by atoms with Crippen molar-refractivity contribution in [2.45, 2.75) is 19.9 Å². The van der Waals surface area contributed by atoms with Crippen LogP contribution >= 0.6 is 0 Å². The summed E-state index contributed by atoms with van der Waals surface area (Å²) in [4.78, 5) is 20.4. The van der Waals surface area contributed by atoms with E-state index in [0.717, 1.165) is 0 Å². The molecule has 6 heteroatoms. The molecular formula is C10H15N3O3. The van der Waals surface area contributed by atoms with Gasteiger partial charge in [-0.2, -0.15) is 4.98 Å². The van der Waals surface area contributed by atoms with Crippen molar-refractivity contribution >= 4 is 11.9 Å². The Balaban J connectivity index is 2.95. The molecule has 0 aliphatic carbocycles. The maximum atomic E-state index is 10.7. The summed E-state index contributed by atoms with van der Waals surface area (Å²) in [6, 6.07) is 1.62. The fraction of sp³-hybridized carbons (Fsp3) is 0.500. The minimum absolute atomic E-state index is 0.00297. The zero-order valence-electron chi connectivity index (χ0n) is 9.54. The summed E-state index contributed by atoms with van der Waals surface area (Å²) in [6.07, 6.45) is 1.54. The van der Waals surface area contributed by atoms with E-state index >= 15 is 0 Å². The lowest BCUT2D eigenvalue weighted by Gasteiger charge is -2.24. The van der Waals surface area contributed by atoms with E-state index < -0.39 is 5.97 Å². The molecule has 0 spiro atoms. The standard InChI is InChI=1S/C10H15N3O3/c1-7(2)13(6-9(14)15)10-11-5-4-8(12-10)16-3/h4-5,7H,6H2,1-3H3,(H,14,15). The van der Waals surface area contributed by atoms with E-state index in [2.05, 4.69) is 9.97 Å². The minimum Gasteiger partial charge on any atom is -0.481 e. The molecule has 0 fully saturated rings. The number of carbonyl (C=O) groups is 1. The SMILES string of the molecule is COc1ccnc(N(CC(=O)O)C(C)C)n1. The normalized spacial score (nSPS) is 10.2. The molecule has 16 heavy (non-hydrogen) atoms. The first-order valence-corrected chi connectivity index (χ1v) is 4.90. The molecular weight excluding hydrogens is 210 g/mol. The lowest BCUT2D eigenvalue weighted by atomic mass is 10.3. The highest BCUT2D eigenvalue weighted by Gasteiger charge is 2.17. The molecule has 0 unspecified atom stereocenters. The molecule has 6 nitrogen and oxygen atoms in total. The quantitative estimate of drug-likeness (QED) is 0.798. The van der Waals surface area contributed by atoms with Gasteiger partial charge in [-0.1, -0.05) is 0 Å². The van der Waals surface area contributed by atoms with Gasteiger partial charge in [0.2, 0.25) is 11.8 Å². The lowest BCUT2D eigenvalue weighted by Crippen LogP contribution is -2.36. The Morgan fingerprint density at radius 2 is 2.31 bits per heavy atom. The van der Waals surface area contributed by atoms with E-state index in [4.69, 9.17) is 9.84 Å². The number of aliphatic carboxylic acids is 1. The topological polar surface area (TPSA) is 75.5 Å². The van der Waals surface area contributed by atoms with Crippen LogP contribution in [0.2, 0.25) is 0 Å². The van der Waals surface area contributed by atoms with E-state index in [1.54, 1.807) is 17.2 Å². The predicted molar refractivity (Wildman–Crippen MR) is 58.7 cm³/mol. The highest BCUT2D eigenvalue weighted by Crippen LogP contribution is 2.14. The third-order valence-electron chi connectivity index (χ3n) is 2.01. The third kappa shape index (κ3) is 3.08. The van der Waals surface area contributed by atoms with Crippen molar-refractivity contribution in [1.82, 2.24) is 9.97 Å². The first-order chi connectivity index (χ1) is 7.54. The molecule has 1 N–H and O–H groups in total. The van der Waals surface area contributed by atoms with Gasteiger partial charge in [0, 0.05) is 18.3 Å². The number of rotatable bonds is 5. The molecule has 1 aromatic heterocycles. The highest BCUT2D eigenvalue weighted by molar-refractivity contribution is 5.72. The second kappa shape index (κ2) is 5.29. The Hall–Kier alpha value is -1.85. The van der Waals surface area contributed by atoms with Crippen molar-refractivity contribution in [2.75, 3.05) is 18.6 Å². The molecule has 0 saturated carbocycles.